The van der Waals surface area contributed by atoms with Gasteiger partial charge in [0.2, 0.25) is 0 Å². The van der Waals surface area contributed by atoms with E-state index in [0.29, 0.717) is 6.42 Å². The number of carbonyl (C=O) groups is 1. The quantitative estimate of drug-likeness (QED) is 0.502. The summed E-state index contributed by atoms with van der Waals surface area (Å²) in [5.41, 5.74) is -0.754. The van der Waals surface area contributed by atoms with E-state index in [9.17, 15) is 4.79 Å². The molecule has 0 heterocycles. The lowest BCUT2D eigenvalue weighted by Crippen LogP contribution is -2.45. The lowest BCUT2D eigenvalue weighted by molar-refractivity contribution is -0.147. The summed E-state index contributed by atoms with van der Waals surface area (Å²) in [6.07, 6.45) is 0.600. The second-order valence-electron chi connectivity index (χ2n) is 2.27. The molecule has 0 radical (unpaired) electrons. The normalized spacial score (nSPS) is 16.0. The van der Waals surface area contributed by atoms with Crippen LogP contribution in [-0.4, -0.2) is 18.6 Å². The van der Waals surface area contributed by atoms with Gasteiger partial charge in [0.1, 0.15) is 5.54 Å². The third-order valence-corrected chi connectivity index (χ3v) is 1.97. The van der Waals surface area contributed by atoms with Crippen LogP contribution in [-0.2, 0) is 9.53 Å². The molecule has 0 bridgehead atoms. The Balaban J connectivity index is 4.17. The van der Waals surface area contributed by atoms with Crippen LogP contribution in [0.3, 0.4) is 0 Å². The Kier molecular flexibility index (Phi) is 3.68. The number of esters is 1. The van der Waals surface area contributed by atoms with Crippen LogP contribution in [0.15, 0.2) is 0 Å². The molecule has 60 valence electrons. The Morgan fingerprint density at radius 1 is 1.80 bits per heavy atom. The maximum absolute atomic E-state index is 10.9. The van der Waals surface area contributed by atoms with Gasteiger partial charge in [0.25, 0.3) is 0 Å². The average molecular weight is 166 g/mol. The second-order valence-corrected chi connectivity index (χ2v) is 2.46. The number of nitrogens with one attached hydrogen (secondary N) is 1. The summed E-state index contributed by atoms with van der Waals surface area (Å²) >= 11 is 5.33. The predicted octanol–water partition coefficient (Wildman–Crippen LogP) is 1.07. The predicted molar refractivity (Wildman–Crippen MR) is 39.7 cm³/mol. The van der Waals surface area contributed by atoms with Crippen LogP contribution in [0.5, 0.6) is 0 Å². The number of hydrogen-bond donors (Lipinski definition) is 1. The van der Waals surface area contributed by atoms with Crippen molar-refractivity contribution < 1.29 is 9.53 Å². The number of carbonyl (C=O) groups excluding carboxylic acids is 1. The number of methoxy groups -OCH3 is 1. The molecule has 4 heteroatoms. The number of rotatable bonds is 3. The Morgan fingerprint density at radius 2 is 2.30 bits per heavy atom. The number of halogens is 1. The highest BCUT2D eigenvalue weighted by atomic mass is 35.5. The zero-order chi connectivity index (χ0) is 8.20. The van der Waals surface area contributed by atoms with E-state index in [4.69, 9.17) is 11.8 Å². The summed E-state index contributed by atoms with van der Waals surface area (Å²) in [6.45, 7) is 3.54. The highest BCUT2D eigenvalue weighted by molar-refractivity contribution is 6.15. The van der Waals surface area contributed by atoms with E-state index in [1.54, 1.807) is 6.92 Å². The first kappa shape index (κ1) is 9.72. The molecule has 0 saturated heterocycles. The van der Waals surface area contributed by atoms with Gasteiger partial charge < -0.3 is 4.74 Å². The molecule has 10 heavy (non-hydrogen) atoms. The molecule has 0 saturated carbocycles. The third-order valence-electron chi connectivity index (χ3n) is 1.55. The molecule has 0 aliphatic carbocycles. The van der Waals surface area contributed by atoms with Gasteiger partial charge in [0.15, 0.2) is 0 Å². The van der Waals surface area contributed by atoms with Gasteiger partial charge in [0.05, 0.1) is 7.11 Å². The molecule has 0 aromatic rings. The van der Waals surface area contributed by atoms with Crippen LogP contribution in [0.25, 0.3) is 0 Å². The lowest BCUT2D eigenvalue weighted by Gasteiger charge is -2.21. The van der Waals surface area contributed by atoms with Gasteiger partial charge in [-0.1, -0.05) is 6.92 Å². The van der Waals surface area contributed by atoms with E-state index in [-0.39, 0.29) is 5.97 Å². The second kappa shape index (κ2) is 3.78. The van der Waals surface area contributed by atoms with Crippen LogP contribution in [0, 0.1) is 0 Å². The molecular weight excluding hydrogens is 154 g/mol. The zero-order valence-corrected chi connectivity index (χ0v) is 7.16. The summed E-state index contributed by atoms with van der Waals surface area (Å²) in [5, 5.41) is 0. The monoisotopic (exact) mass is 165 g/mol. The Hall–Kier alpha value is -0.280. The summed E-state index contributed by atoms with van der Waals surface area (Å²) in [7, 11) is 1.34. The summed E-state index contributed by atoms with van der Waals surface area (Å²) in [4.78, 5) is 13.3. The van der Waals surface area contributed by atoms with Crippen LogP contribution < -0.4 is 4.84 Å². The fourth-order valence-electron chi connectivity index (χ4n) is 0.475. The first-order valence-electron chi connectivity index (χ1n) is 3.07. The average Bonchev–Trinajstić information content (AvgIpc) is 2.01. The molecule has 0 spiro atoms. The largest absolute Gasteiger partial charge is 0.468 e. The zero-order valence-electron chi connectivity index (χ0n) is 6.40. The summed E-state index contributed by atoms with van der Waals surface area (Å²) in [5.74, 6) is -0.343. The molecule has 0 aliphatic heterocycles. The molecular formula is C6H12ClNO2. The Labute approximate surface area is 65.8 Å². The standard InChI is InChI=1S/C6H12ClNO2/c1-4-6(2,8-7)5(9)10-3/h8H,4H2,1-3H3/t6-/m1/s1. The minimum Gasteiger partial charge on any atom is -0.468 e. The molecule has 0 aliphatic rings. The van der Waals surface area contributed by atoms with Gasteiger partial charge in [-0.3, -0.25) is 4.79 Å². The fraction of sp³-hybridized carbons (Fsp3) is 0.833. The van der Waals surface area contributed by atoms with Crippen LogP contribution in [0.2, 0.25) is 0 Å². The van der Waals surface area contributed by atoms with Crippen molar-refractivity contribution in [3.05, 3.63) is 0 Å². The SMILES string of the molecule is CC[C@@](C)(NCl)C(=O)OC. The van der Waals surface area contributed by atoms with Crippen molar-refractivity contribution in [3.8, 4) is 0 Å². The van der Waals surface area contributed by atoms with Gasteiger partial charge in [0, 0.05) is 0 Å². The third kappa shape index (κ3) is 1.85. The number of ether oxygens (including phenoxy) is 1. The van der Waals surface area contributed by atoms with Gasteiger partial charge in [-0.15, -0.1) is 0 Å². The first-order chi connectivity index (χ1) is 4.60. The highest BCUT2D eigenvalue weighted by Gasteiger charge is 2.31. The molecule has 0 unspecified atom stereocenters. The summed E-state index contributed by atoms with van der Waals surface area (Å²) in [6, 6.07) is 0. The van der Waals surface area contributed by atoms with Gasteiger partial charge in [-0.2, -0.15) is 0 Å². The van der Waals surface area contributed by atoms with E-state index in [0.717, 1.165) is 0 Å². The molecule has 0 fully saturated rings. The molecule has 3 nitrogen and oxygen atoms in total. The van der Waals surface area contributed by atoms with Crippen molar-refractivity contribution >= 4 is 17.7 Å². The van der Waals surface area contributed by atoms with Gasteiger partial charge in [-0.25, -0.2) is 4.84 Å². The lowest BCUT2D eigenvalue weighted by atomic mass is 10.0. The van der Waals surface area contributed by atoms with Gasteiger partial charge in [-0.05, 0) is 25.1 Å². The number of hydrogen-bond acceptors (Lipinski definition) is 3. The maximum atomic E-state index is 10.9. The van der Waals surface area contributed by atoms with E-state index in [2.05, 4.69) is 9.57 Å². The smallest absolute Gasteiger partial charge is 0.326 e. The molecule has 0 aromatic heterocycles. The topological polar surface area (TPSA) is 38.3 Å². The molecule has 0 rings (SSSR count). The van der Waals surface area contributed by atoms with Crippen molar-refractivity contribution in [2.24, 2.45) is 0 Å². The first-order valence-corrected chi connectivity index (χ1v) is 3.44. The van der Waals surface area contributed by atoms with E-state index in [1.807, 2.05) is 6.92 Å². The van der Waals surface area contributed by atoms with Crippen LogP contribution >= 0.6 is 11.8 Å². The van der Waals surface area contributed by atoms with Crippen LogP contribution in [0.1, 0.15) is 20.3 Å². The Morgan fingerprint density at radius 3 is 2.40 bits per heavy atom. The van der Waals surface area contributed by atoms with Crippen LogP contribution in [0.4, 0.5) is 0 Å². The highest BCUT2D eigenvalue weighted by Crippen LogP contribution is 2.11. The minimum atomic E-state index is -0.754. The van der Waals surface area contributed by atoms with Crippen molar-refractivity contribution in [1.29, 1.82) is 0 Å². The van der Waals surface area contributed by atoms with E-state index < -0.39 is 5.54 Å². The fourth-order valence-corrected chi connectivity index (χ4v) is 0.686. The maximum Gasteiger partial charge on any atom is 0.326 e. The molecule has 0 aromatic carbocycles. The minimum absolute atomic E-state index is 0.343. The van der Waals surface area contributed by atoms with E-state index >= 15 is 0 Å². The summed E-state index contributed by atoms with van der Waals surface area (Å²) < 4.78 is 4.51. The van der Waals surface area contributed by atoms with Gasteiger partial charge >= 0.3 is 5.97 Å². The van der Waals surface area contributed by atoms with Crippen molar-refractivity contribution in [3.63, 3.8) is 0 Å². The van der Waals surface area contributed by atoms with Crippen molar-refractivity contribution in [1.82, 2.24) is 4.84 Å². The van der Waals surface area contributed by atoms with Crippen molar-refractivity contribution in [2.75, 3.05) is 7.11 Å². The Bertz CT molecular complexity index is 123. The van der Waals surface area contributed by atoms with E-state index in [1.165, 1.54) is 7.11 Å². The molecule has 1 atom stereocenters. The molecule has 1 N–H and O–H groups in total. The van der Waals surface area contributed by atoms with Crippen molar-refractivity contribution in [2.45, 2.75) is 25.8 Å². The molecule has 0 amide bonds.